The summed E-state index contributed by atoms with van der Waals surface area (Å²) in [5.74, 6) is 0. The lowest BCUT2D eigenvalue weighted by Gasteiger charge is -2.31. The molecule has 1 aromatic rings. The molecule has 1 aliphatic rings. The number of piperazine rings is 1. The van der Waals surface area contributed by atoms with Crippen LogP contribution >= 0.6 is 22.6 Å². The number of amides is 2. The van der Waals surface area contributed by atoms with Crippen molar-refractivity contribution in [2.45, 2.75) is 13.0 Å². The average molecular weight is 345 g/mol. The molecule has 0 saturated carbocycles. The maximum absolute atomic E-state index is 12.0. The maximum atomic E-state index is 12.0. The van der Waals surface area contributed by atoms with E-state index in [1.54, 1.807) is 0 Å². The van der Waals surface area contributed by atoms with Gasteiger partial charge in [-0.3, -0.25) is 0 Å². The Bertz CT molecular complexity index is 393. The van der Waals surface area contributed by atoms with Crippen molar-refractivity contribution in [2.24, 2.45) is 0 Å². The van der Waals surface area contributed by atoms with E-state index in [9.17, 15) is 4.79 Å². The molecule has 1 fully saturated rings. The minimum absolute atomic E-state index is 0.0143. The Hall–Kier alpha value is -0.820. The van der Waals surface area contributed by atoms with Crippen molar-refractivity contribution in [2.75, 3.05) is 25.0 Å². The third-order valence-electron chi connectivity index (χ3n) is 2.75. The van der Waals surface area contributed by atoms with Gasteiger partial charge in [-0.2, -0.15) is 0 Å². The summed E-state index contributed by atoms with van der Waals surface area (Å²) in [7, 11) is 0. The number of urea groups is 1. The average Bonchev–Trinajstić information content (AvgIpc) is 2.32. The largest absolute Gasteiger partial charge is 0.322 e. The summed E-state index contributed by atoms with van der Waals surface area (Å²) in [5.41, 5.74) is 0.849. The Morgan fingerprint density at radius 1 is 1.47 bits per heavy atom. The van der Waals surface area contributed by atoms with Gasteiger partial charge in [-0.05, 0) is 53.8 Å². The second-order valence-corrected chi connectivity index (χ2v) is 5.48. The number of halogens is 1. The molecule has 1 aliphatic heterocycles. The summed E-state index contributed by atoms with van der Waals surface area (Å²) in [6, 6.07) is 8.16. The Balaban J connectivity index is 1.94. The van der Waals surface area contributed by atoms with Crippen LogP contribution in [0.25, 0.3) is 0 Å². The SMILES string of the molecule is C[C@H]1CN(C(=O)Nc2ccc(I)cc2)CCN1. The van der Waals surface area contributed by atoms with Crippen molar-refractivity contribution in [3.05, 3.63) is 27.8 Å². The van der Waals surface area contributed by atoms with Gasteiger partial charge in [-0.15, -0.1) is 0 Å². The minimum atomic E-state index is -0.0143. The molecule has 0 aliphatic carbocycles. The number of benzene rings is 1. The van der Waals surface area contributed by atoms with Crippen LogP contribution in [0.15, 0.2) is 24.3 Å². The van der Waals surface area contributed by atoms with Crippen molar-refractivity contribution >= 4 is 34.3 Å². The molecule has 92 valence electrons. The highest BCUT2D eigenvalue weighted by Gasteiger charge is 2.20. The van der Waals surface area contributed by atoms with Crippen LogP contribution in [0.1, 0.15) is 6.92 Å². The topological polar surface area (TPSA) is 44.4 Å². The van der Waals surface area contributed by atoms with Crippen LogP contribution in [-0.2, 0) is 0 Å². The van der Waals surface area contributed by atoms with Crippen LogP contribution in [0.4, 0.5) is 10.5 Å². The van der Waals surface area contributed by atoms with Crippen molar-refractivity contribution in [3.63, 3.8) is 0 Å². The van der Waals surface area contributed by atoms with Gasteiger partial charge in [-0.1, -0.05) is 0 Å². The molecule has 1 aromatic carbocycles. The molecule has 0 spiro atoms. The first-order valence-corrected chi connectivity index (χ1v) is 6.78. The second kappa shape index (κ2) is 5.68. The fourth-order valence-corrected chi connectivity index (χ4v) is 2.21. The summed E-state index contributed by atoms with van der Waals surface area (Å²) >= 11 is 2.24. The highest BCUT2D eigenvalue weighted by atomic mass is 127. The van der Waals surface area contributed by atoms with E-state index < -0.39 is 0 Å². The first-order valence-electron chi connectivity index (χ1n) is 5.70. The lowest BCUT2D eigenvalue weighted by molar-refractivity contribution is 0.192. The van der Waals surface area contributed by atoms with Crippen LogP contribution in [0.2, 0.25) is 0 Å². The standard InChI is InChI=1S/C12H16IN3O/c1-9-8-16(7-6-14-9)12(17)15-11-4-2-10(13)3-5-11/h2-5,9,14H,6-8H2,1H3,(H,15,17)/t9-/m0/s1. The maximum Gasteiger partial charge on any atom is 0.321 e. The van der Waals surface area contributed by atoms with Crippen molar-refractivity contribution < 1.29 is 4.79 Å². The lowest BCUT2D eigenvalue weighted by Crippen LogP contribution is -2.52. The van der Waals surface area contributed by atoms with E-state index in [-0.39, 0.29) is 6.03 Å². The molecule has 0 bridgehead atoms. The van der Waals surface area contributed by atoms with Gasteiger partial charge in [-0.25, -0.2) is 4.79 Å². The summed E-state index contributed by atoms with van der Waals surface area (Å²) in [6.45, 7) is 4.47. The van der Waals surface area contributed by atoms with Crippen molar-refractivity contribution in [1.29, 1.82) is 0 Å². The number of nitrogens with zero attached hydrogens (tertiary/aromatic N) is 1. The molecule has 2 N–H and O–H groups in total. The Morgan fingerprint density at radius 3 is 2.82 bits per heavy atom. The van der Waals surface area contributed by atoms with Gasteiger partial charge < -0.3 is 15.5 Å². The van der Waals surface area contributed by atoms with Crippen LogP contribution in [-0.4, -0.2) is 36.6 Å². The van der Waals surface area contributed by atoms with Crippen LogP contribution in [0.3, 0.4) is 0 Å². The van der Waals surface area contributed by atoms with Crippen molar-refractivity contribution in [1.82, 2.24) is 10.2 Å². The van der Waals surface area contributed by atoms with E-state index in [4.69, 9.17) is 0 Å². The Morgan fingerprint density at radius 2 is 2.18 bits per heavy atom. The minimum Gasteiger partial charge on any atom is -0.322 e. The monoisotopic (exact) mass is 345 g/mol. The number of hydrogen-bond acceptors (Lipinski definition) is 2. The molecule has 0 aromatic heterocycles. The predicted octanol–water partition coefficient (Wildman–Crippen LogP) is 2.12. The van der Waals surface area contributed by atoms with Gasteiger partial charge in [0.15, 0.2) is 0 Å². The highest BCUT2D eigenvalue weighted by molar-refractivity contribution is 14.1. The predicted molar refractivity (Wildman–Crippen MR) is 77.2 cm³/mol. The second-order valence-electron chi connectivity index (χ2n) is 4.24. The number of nitrogens with one attached hydrogen (secondary N) is 2. The molecule has 0 radical (unpaired) electrons. The summed E-state index contributed by atoms with van der Waals surface area (Å²) < 4.78 is 1.16. The van der Waals surface area contributed by atoms with Gasteiger partial charge in [0, 0.05) is 34.9 Å². The molecular formula is C12H16IN3O. The fourth-order valence-electron chi connectivity index (χ4n) is 1.85. The number of carbonyl (C=O) groups excluding carboxylic acids is 1. The van der Waals surface area contributed by atoms with Crippen LogP contribution < -0.4 is 10.6 Å². The summed E-state index contributed by atoms with van der Waals surface area (Å²) in [5, 5.41) is 6.23. The van der Waals surface area contributed by atoms with E-state index in [0.29, 0.717) is 6.04 Å². The van der Waals surface area contributed by atoms with Crippen molar-refractivity contribution in [3.8, 4) is 0 Å². The first-order chi connectivity index (χ1) is 8.15. The number of carbonyl (C=O) groups is 1. The smallest absolute Gasteiger partial charge is 0.321 e. The zero-order chi connectivity index (χ0) is 12.3. The van der Waals surface area contributed by atoms with Gasteiger partial charge in [0.05, 0.1) is 0 Å². The molecular weight excluding hydrogens is 329 g/mol. The molecule has 2 amide bonds. The molecule has 17 heavy (non-hydrogen) atoms. The van der Waals surface area contributed by atoms with Gasteiger partial charge >= 0.3 is 6.03 Å². The zero-order valence-corrected chi connectivity index (χ0v) is 11.9. The summed E-state index contributed by atoms with van der Waals surface area (Å²) in [4.78, 5) is 13.8. The Kier molecular flexibility index (Phi) is 4.22. The van der Waals surface area contributed by atoms with E-state index in [0.717, 1.165) is 28.9 Å². The molecule has 1 heterocycles. The van der Waals surface area contributed by atoms with Gasteiger partial charge in [0.25, 0.3) is 0 Å². The lowest BCUT2D eigenvalue weighted by atomic mass is 10.2. The molecule has 2 rings (SSSR count). The van der Waals surface area contributed by atoms with E-state index in [1.165, 1.54) is 0 Å². The Labute approximate surface area is 115 Å². The number of hydrogen-bond donors (Lipinski definition) is 2. The number of anilines is 1. The molecule has 1 saturated heterocycles. The molecule has 1 atom stereocenters. The van der Waals surface area contributed by atoms with E-state index >= 15 is 0 Å². The third kappa shape index (κ3) is 3.57. The number of rotatable bonds is 1. The van der Waals surface area contributed by atoms with E-state index in [2.05, 4.69) is 40.1 Å². The van der Waals surface area contributed by atoms with Gasteiger partial charge in [0.1, 0.15) is 0 Å². The van der Waals surface area contributed by atoms with Crippen LogP contribution in [0, 0.1) is 3.57 Å². The first kappa shape index (κ1) is 12.6. The highest BCUT2D eigenvalue weighted by Crippen LogP contribution is 2.12. The van der Waals surface area contributed by atoms with Crippen LogP contribution in [0.5, 0.6) is 0 Å². The van der Waals surface area contributed by atoms with E-state index in [1.807, 2.05) is 29.2 Å². The zero-order valence-electron chi connectivity index (χ0n) is 9.74. The van der Waals surface area contributed by atoms with Gasteiger partial charge in [0.2, 0.25) is 0 Å². The normalized spacial score (nSPS) is 20.1. The molecule has 5 heteroatoms. The fraction of sp³-hybridized carbons (Fsp3) is 0.417. The quantitative estimate of drug-likeness (QED) is 0.766. The molecule has 0 unspecified atom stereocenters. The third-order valence-corrected chi connectivity index (χ3v) is 3.47. The molecule has 4 nitrogen and oxygen atoms in total. The summed E-state index contributed by atoms with van der Waals surface area (Å²) in [6.07, 6.45) is 0.